The molecule has 0 aliphatic rings. The fourth-order valence-electron chi connectivity index (χ4n) is 3.24. The van der Waals surface area contributed by atoms with E-state index >= 15 is 0 Å². The lowest BCUT2D eigenvalue weighted by molar-refractivity contribution is -0.143. The molecule has 31 heavy (non-hydrogen) atoms. The van der Waals surface area contributed by atoms with Gasteiger partial charge < -0.3 is 4.74 Å². The van der Waals surface area contributed by atoms with Gasteiger partial charge >= 0.3 is 5.97 Å². The average molecular weight is 431 g/mol. The normalized spacial score (nSPS) is 12.2. The summed E-state index contributed by atoms with van der Waals surface area (Å²) in [5.74, 6) is -0.0399. The summed E-state index contributed by atoms with van der Waals surface area (Å²) in [4.78, 5) is 11.7. The third kappa shape index (κ3) is 26.4. The zero-order chi connectivity index (χ0) is 22.7. The molecule has 0 saturated carbocycles. The van der Waals surface area contributed by atoms with Crippen LogP contribution in [0.4, 0.5) is 0 Å². The molecular formula is C29H50O2. The van der Waals surface area contributed by atoms with E-state index in [4.69, 9.17) is 4.74 Å². The van der Waals surface area contributed by atoms with Crippen LogP contribution >= 0.6 is 0 Å². The van der Waals surface area contributed by atoms with E-state index in [0.717, 1.165) is 38.5 Å². The van der Waals surface area contributed by atoms with E-state index in [1.165, 1.54) is 64.2 Å². The average Bonchev–Trinajstić information content (AvgIpc) is 2.77. The number of unbranched alkanes of at least 4 members (excludes halogenated alkanes) is 10. The van der Waals surface area contributed by atoms with Gasteiger partial charge in [0.25, 0.3) is 0 Å². The van der Waals surface area contributed by atoms with Gasteiger partial charge in [-0.05, 0) is 51.4 Å². The minimum absolute atomic E-state index is 0.0399. The van der Waals surface area contributed by atoms with Crippen molar-refractivity contribution in [1.29, 1.82) is 0 Å². The van der Waals surface area contributed by atoms with E-state index in [9.17, 15) is 4.79 Å². The van der Waals surface area contributed by atoms with E-state index in [1.54, 1.807) is 0 Å². The first-order chi connectivity index (χ1) is 15.3. The fraction of sp³-hybridized carbons (Fsp3) is 0.690. The van der Waals surface area contributed by atoms with Crippen molar-refractivity contribution < 1.29 is 9.53 Å². The molecule has 0 spiro atoms. The topological polar surface area (TPSA) is 26.3 Å². The summed E-state index contributed by atoms with van der Waals surface area (Å²) in [6.45, 7) is 5.08. The number of carbonyl (C=O) groups excluding carboxylic acids is 1. The molecule has 0 amide bonds. The van der Waals surface area contributed by atoms with Crippen LogP contribution in [0.25, 0.3) is 0 Å². The van der Waals surface area contributed by atoms with Gasteiger partial charge in [0, 0.05) is 6.42 Å². The summed E-state index contributed by atoms with van der Waals surface area (Å²) in [6, 6.07) is 0. The van der Waals surface area contributed by atoms with Crippen molar-refractivity contribution in [2.24, 2.45) is 0 Å². The maximum absolute atomic E-state index is 11.7. The quantitative estimate of drug-likeness (QED) is 0.0971. The minimum Gasteiger partial charge on any atom is -0.466 e. The third-order valence-electron chi connectivity index (χ3n) is 5.22. The van der Waals surface area contributed by atoms with Gasteiger partial charge in [-0.3, -0.25) is 4.79 Å². The lowest BCUT2D eigenvalue weighted by atomic mass is 10.1. The molecule has 0 rings (SSSR count). The maximum Gasteiger partial charge on any atom is 0.305 e. The number of ether oxygens (including phenoxy) is 1. The highest BCUT2D eigenvalue weighted by Crippen LogP contribution is 2.07. The lowest BCUT2D eigenvalue weighted by Crippen LogP contribution is -2.05. The van der Waals surface area contributed by atoms with Gasteiger partial charge in [-0.2, -0.15) is 0 Å². The Labute approximate surface area is 193 Å². The molecular weight excluding hydrogens is 380 g/mol. The van der Waals surface area contributed by atoms with Crippen molar-refractivity contribution in [2.45, 2.75) is 123 Å². The van der Waals surface area contributed by atoms with Gasteiger partial charge in [0.1, 0.15) is 0 Å². The van der Waals surface area contributed by atoms with Gasteiger partial charge in [-0.15, -0.1) is 0 Å². The van der Waals surface area contributed by atoms with Gasteiger partial charge in [-0.1, -0.05) is 114 Å². The summed E-state index contributed by atoms with van der Waals surface area (Å²) < 4.78 is 5.31. The van der Waals surface area contributed by atoms with Crippen LogP contribution in [-0.2, 0) is 9.53 Å². The standard InChI is InChI=1S/C29H50O2/c1-3-5-7-9-11-12-13-14-15-16-17-18-19-20-21-23-25-27-29(30)31-28-26-24-22-10-8-6-4-2/h11-12,14-15,17-18,20-21H,3-10,13,16,19,22-28H2,1-2H3/b12-11-,15-14-,18-17-,21-20-. The van der Waals surface area contributed by atoms with E-state index in [2.05, 4.69) is 62.5 Å². The number of carbonyl (C=O) groups is 1. The Bertz CT molecular complexity index is 485. The largest absolute Gasteiger partial charge is 0.466 e. The Morgan fingerprint density at radius 3 is 1.58 bits per heavy atom. The summed E-state index contributed by atoms with van der Waals surface area (Å²) in [7, 11) is 0. The van der Waals surface area contributed by atoms with Crippen LogP contribution in [0.15, 0.2) is 48.6 Å². The third-order valence-corrected chi connectivity index (χ3v) is 5.22. The van der Waals surface area contributed by atoms with Crippen LogP contribution in [0.5, 0.6) is 0 Å². The van der Waals surface area contributed by atoms with E-state index in [1.807, 2.05) is 0 Å². The minimum atomic E-state index is -0.0399. The first-order valence-electron chi connectivity index (χ1n) is 13.1. The molecule has 0 aliphatic heterocycles. The Morgan fingerprint density at radius 2 is 1.00 bits per heavy atom. The predicted octanol–water partition coefficient (Wildman–Crippen LogP) is 9.43. The van der Waals surface area contributed by atoms with Crippen LogP contribution in [0.1, 0.15) is 123 Å². The second-order valence-corrected chi connectivity index (χ2v) is 8.32. The van der Waals surface area contributed by atoms with Gasteiger partial charge in [0.15, 0.2) is 0 Å². The van der Waals surface area contributed by atoms with Crippen molar-refractivity contribution in [3.8, 4) is 0 Å². The summed E-state index contributed by atoms with van der Waals surface area (Å²) in [5, 5.41) is 0. The number of esters is 1. The maximum atomic E-state index is 11.7. The van der Waals surface area contributed by atoms with Crippen LogP contribution in [-0.4, -0.2) is 12.6 Å². The highest BCUT2D eigenvalue weighted by Gasteiger charge is 2.01. The molecule has 0 radical (unpaired) electrons. The smallest absolute Gasteiger partial charge is 0.305 e. The van der Waals surface area contributed by atoms with Crippen LogP contribution < -0.4 is 0 Å². The van der Waals surface area contributed by atoms with Crippen molar-refractivity contribution in [3.63, 3.8) is 0 Å². The van der Waals surface area contributed by atoms with Gasteiger partial charge in [-0.25, -0.2) is 0 Å². The summed E-state index contributed by atoms with van der Waals surface area (Å²) in [5.41, 5.74) is 0. The Morgan fingerprint density at radius 1 is 0.548 bits per heavy atom. The molecule has 0 saturated heterocycles. The first kappa shape index (κ1) is 29.4. The Kier molecular flexibility index (Phi) is 25.1. The summed E-state index contributed by atoms with van der Waals surface area (Å²) in [6.07, 6.45) is 37.1. The predicted molar refractivity (Wildman–Crippen MR) is 137 cm³/mol. The van der Waals surface area contributed by atoms with E-state index < -0.39 is 0 Å². The molecule has 0 aromatic rings. The van der Waals surface area contributed by atoms with Crippen LogP contribution in [0, 0.1) is 0 Å². The molecule has 0 bridgehead atoms. The van der Waals surface area contributed by atoms with Crippen molar-refractivity contribution in [1.82, 2.24) is 0 Å². The fourth-order valence-corrected chi connectivity index (χ4v) is 3.24. The number of hydrogen-bond donors (Lipinski definition) is 0. The molecule has 178 valence electrons. The van der Waals surface area contributed by atoms with Crippen molar-refractivity contribution in [3.05, 3.63) is 48.6 Å². The van der Waals surface area contributed by atoms with Crippen LogP contribution in [0.2, 0.25) is 0 Å². The molecule has 0 N–H and O–H groups in total. The molecule has 0 aromatic heterocycles. The zero-order valence-corrected chi connectivity index (χ0v) is 20.7. The van der Waals surface area contributed by atoms with Gasteiger partial charge in [0.05, 0.1) is 6.61 Å². The summed E-state index contributed by atoms with van der Waals surface area (Å²) >= 11 is 0. The Hall–Kier alpha value is -1.57. The molecule has 0 atom stereocenters. The highest BCUT2D eigenvalue weighted by atomic mass is 16.5. The molecule has 0 aliphatic carbocycles. The van der Waals surface area contributed by atoms with E-state index in [0.29, 0.717) is 13.0 Å². The first-order valence-corrected chi connectivity index (χ1v) is 13.1. The number of hydrogen-bond acceptors (Lipinski definition) is 2. The number of allylic oxidation sites excluding steroid dienone is 8. The zero-order valence-electron chi connectivity index (χ0n) is 20.7. The monoisotopic (exact) mass is 430 g/mol. The second kappa shape index (κ2) is 26.5. The molecule has 2 heteroatoms. The second-order valence-electron chi connectivity index (χ2n) is 8.32. The number of rotatable bonds is 22. The highest BCUT2D eigenvalue weighted by molar-refractivity contribution is 5.69. The van der Waals surface area contributed by atoms with E-state index in [-0.39, 0.29) is 5.97 Å². The molecule has 0 unspecified atom stereocenters. The lowest BCUT2D eigenvalue weighted by Gasteiger charge is -2.04. The van der Waals surface area contributed by atoms with Crippen LogP contribution in [0.3, 0.4) is 0 Å². The SMILES string of the molecule is CCCCC/C=C\C/C=C\C/C=C\C/C=C\CCCC(=O)OCCCCCCCCC. The molecule has 2 nitrogen and oxygen atoms in total. The Balaban J connectivity index is 3.42. The van der Waals surface area contributed by atoms with Crippen molar-refractivity contribution in [2.75, 3.05) is 6.61 Å². The molecule has 0 fully saturated rings. The van der Waals surface area contributed by atoms with Gasteiger partial charge in [0.2, 0.25) is 0 Å². The molecule has 0 aromatic carbocycles. The van der Waals surface area contributed by atoms with Crippen molar-refractivity contribution >= 4 is 5.97 Å². The molecule has 0 heterocycles.